The van der Waals surface area contributed by atoms with E-state index in [1.54, 1.807) is 7.11 Å². The van der Waals surface area contributed by atoms with Gasteiger partial charge in [0.05, 0.1) is 29.9 Å². The maximum absolute atomic E-state index is 10.9. The summed E-state index contributed by atoms with van der Waals surface area (Å²) in [5.41, 5.74) is 6.47. The van der Waals surface area contributed by atoms with E-state index in [9.17, 15) is 4.21 Å². The van der Waals surface area contributed by atoms with Gasteiger partial charge >= 0.3 is 0 Å². The van der Waals surface area contributed by atoms with Crippen LogP contribution in [-0.4, -0.2) is 21.1 Å². The van der Waals surface area contributed by atoms with Gasteiger partial charge in [0.15, 0.2) is 0 Å². The van der Waals surface area contributed by atoms with Gasteiger partial charge in [0.1, 0.15) is 5.75 Å². The number of rotatable bonds is 4. The number of methoxy groups -OCH3 is 1. The van der Waals surface area contributed by atoms with Gasteiger partial charge in [-0.25, -0.2) is 4.68 Å². The molecule has 0 saturated heterocycles. The molecule has 3 aromatic rings. The molecule has 1 heterocycles. The normalized spacial score (nSPS) is 10.6. The highest BCUT2D eigenvalue weighted by Gasteiger charge is 2.15. The molecule has 0 fully saturated rings. The minimum atomic E-state index is 0.228. The Balaban J connectivity index is 2.19. The van der Waals surface area contributed by atoms with E-state index in [-0.39, 0.29) is 11.5 Å². The van der Waals surface area contributed by atoms with Crippen LogP contribution in [0.25, 0.3) is 16.9 Å². The third-order valence-corrected chi connectivity index (χ3v) is 4.44. The average molecular weight is 353 g/mol. The lowest BCUT2D eigenvalue weighted by molar-refractivity contribution is 0.415. The minimum absolute atomic E-state index is 0.228. The number of benzene rings is 2. The van der Waals surface area contributed by atoms with Crippen molar-refractivity contribution in [3.63, 3.8) is 0 Å². The fourth-order valence-electron chi connectivity index (χ4n) is 2.88. The molecule has 0 aliphatic rings. The molecule has 25 heavy (non-hydrogen) atoms. The highest BCUT2D eigenvalue weighted by Crippen LogP contribution is 2.32. The molecule has 0 bridgehead atoms. The fraction of sp³-hybridized carbons (Fsp3) is 0.211. The smallest absolute Gasteiger partial charge is 0.205 e. The van der Waals surface area contributed by atoms with E-state index in [1.807, 2.05) is 67.9 Å². The Morgan fingerprint density at radius 3 is 2.44 bits per heavy atom. The topological polar surface area (TPSA) is 56.5 Å². The molecule has 0 spiro atoms. The predicted octanol–water partition coefficient (Wildman–Crippen LogP) is 4.50. The largest absolute Gasteiger partial charge is 0.497 e. The number of aryl methyl sites for hydroxylation is 2. The summed E-state index contributed by atoms with van der Waals surface area (Å²) in [6.07, 6.45) is 0. The first-order chi connectivity index (χ1) is 12.0. The second kappa shape index (κ2) is 7.03. The molecule has 0 amide bonds. The molecular weight excluding hydrogens is 334 g/mol. The summed E-state index contributed by atoms with van der Waals surface area (Å²) in [7, 11) is 1.65. The zero-order valence-corrected chi connectivity index (χ0v) is 15.4. The number of ether oxygens (including phenoxy) is 1. The average Bonchev–Trinajstić information content (AvgIpc) is 3.00. The van der Waals surface area contributed by atoms with E-state index in [1.165, 1.54) is 0 Å². The quantitative estimate of drug-likeness (QED) is 0.694. The number of nitrogens with zero attached hydrogens (tertiary/aromatic N) is 3. The van der Waals surface area contributed by atoms with Crippen molar-refractivity contribution in [1.82, 2.24) is 9.78 Å². The van der Waals surface area contributed by atoms with Crippen LogP contribution >= 0.6 is 0 Å². The summed E-state index contributed by atoms with van der Waals surface area (Å²) in [6.45, 7) is 5.88. The van der Waals surface area contributed by atoms with Gasteiger partial charge in [-0.1, -0.05) is 6.07 Å². The lowest BCUT2D eigenvalue weighted by Gasteiger charge is -2.13. The molecule has 2 aromatic carbocycles. The van der Waals surface area contributed by atoms with Crippen molar-refractivity contribution >= 4 is 17.2 Å². The van der Waals surface area contributed by atoms with E-state index in [2.05, 4.69) is 9.46 Å². The van der Waals surface area contributed by atoms with Crippen LogP contribution < -0.4 is 4.74 Å². The third-order valence-electron chi connectivity index (χ3n) is 4.18. The minimum Gasteiger partial charge on any atom is -0.497 e. The van der Waals surface area contributed by atoms with Crippen LogP contribution in [0, 0.1) is 20.8 Å². The number of hydrogen-bond donors (Lipinski definition) is 0. The monoisotopic (exact) mass is 353 g/mol. The fourth-order valence-corrected chi connectivity index (χ4v) is 3.24. The summed E-state index contributed by atoms with van der Waals surface area (Å²) in [6, 6.07) is 13.9. The summed E-state index contributed by atoms with van der Waals surface area (Å²) >= 11 is 0.228. The highest BCUT2D eigenvalue weighted by atomic mass is 32.1. The van der Waals surface area contributed by atoms with Crippen LogP contribution in [0.5, 0.6) is 5.75 Å². The maximum atomic E-state index is 10.9. The van der Waals surface area contributed by atoms with Gasteiger partial charge in [0, 0.05) is 11.1 Å². The second-order valence-corrected chi connectivity index (χ2v) is 6.18. The predicted molar refractivity (Wildman–Crippen MR) is 100.0 cm³/mol. The van der Waals surface area contributed by atoms with E-state index >= 15 is 0 Å². The first-order valence-corrected chi connectivity index (χ1v) is 8.56. The molecule has 1 aromatic heterocycles. The van der Waals surface area contributed by atoms with E-state index in [4.69, 9.17) is 4.74 Å². The molecule has 128 valence electrons. The highest BCUT2D eigenvalue weighted by molar-refractivity contribution is 7.54. The Bertz CT molecular complexity index is 971. The van der Waals surface area contributed by atoms with Crippen LogP contribution in [0.4, 0.5) is 5.69 Å². The number of aromatic nitrogens is 2. The van der Waals surface area contributed by atoms with Crippen molar-refractivity contribution < 1.29 is 8.95 Å². The molecule has 6 heteroatoms. The van der Waals surface area contributed by atoms with Gasteiger partial charge in [0.25, 0.3) is 0 Å². The maximum Gasteiger partial charge on any atom is 0.205 e. The van der Waals surface area contributed by atoms with Gasteiger partial charge in [0.2, 0.25) is 11.5 Å². The van der Waals surface area contributed by atoms with Gasteiger partial charge < -0.3 is 4.74 Å². The van der Waals surface area contributed by atoms with Crippen molar-refractivity contribution in [2.45, 2.75) is 20.8 Å². The second-order valence-electron chi connectivity index (χ2n) is 5.85. The molecule has 0 saturated carbocycles. The number of hydrogen-bond acceptors (Lipinski definition) is 4. The molecule has 5 nitrogen and oxygen atoms in total. The van der Waals surface area contributed by atoms with Crippen LogP contribution in [0.15, 0.2) is 46.8 Å². The summed E-state index contributed by atoms with van der Waals surface area (Å²) < 4.78 is 22.1. The Kier molecular flexibility index (Phi) is 4.81. The molecule has 0 radical (unpaired) electrons. The Morgan fingerprint density at radius 2 is 1.80 bits per heavy atom. The molecule has 0 unspecified atom stereocenters. The molecular formula is C19H19N3O2S. The zero-order valence-electron chi connectivity index (χ0n) is 14.6. The van der Waals surface area contributed by atoms with Crippen molar-refractivity contribution in [3.8, 4) is 22.7 Å². The molecule has 0 N–H and O–H groups in total. The van der Waals surface area contributed by atoms with Gasteiger partial charge in [-0.3, -0.25) is 0 Å². The van der Waals surface area contributed by atoms with Crippen molar-refractivity contribution in [2.75, 3.05) is 7.11 Å². The first kappa shape index (κ1) is 17.1. The van der Waals surface area contributed by atoms with Crippen LogP contribution in [0.2, 0.25) is 0 Å². The SMILES string of the molecule is COc1ccc(-c2cc(C)nn2-c2ccc(C)c(N=S=O)c2C)cc1. The van der Waals surface area contributed by atoms with Crippen LogP contribution in [0.1, 0.15) is 16.8 Å². The zero-order chi connectivity index (χ0) is 18.0. The molecule has 3 rings (SSSR count). The third kappa shape index (κ3) is 3.25. The van der Waals surface area contributed by atoms with Crippen LogP contribution in [0.3, 0.4) is 0 Å². The Labute approximate surface area is 150 Å². The van der Waals surface area contributed by atoms with E-state index in [0.717, 1.165) is 39.5 Å². The Morgan fingerprint density at radius 1 is 1.08 bits per heavy atom. The van der Waals surface area contributed by atoms with E-state index < -0.39 is 0 Å². The lowest BCUT2D eigenvalue weighted by Crippen LogP contribution is -2.02. The lowest BCUT2D eigenvalue weighted by atomic mass is 10.1. The van der Waals surface area contributed by atoms with Crippen LogP contribution in [-0.2, 0) is 11.5 Å². The summed E-state index contributed by atoms with van der Waals surface area (Å²) in [5, 5.41) is 4.65. The molecule has 0 aliphatic heterocycles. The molecule has 0 aliphatic carbocycles. The molecule has 0 atom stereocenters. The van der Waals surface area contributed by atoms with E-state index in [0.29, 0.717) is 5.69 Å². The first-order valence-electron chi connectivity index (χ1n) is 7.87. The summed E-state index contributed by atoms with van der Waals surface area (Å²) in [4.78, 5) is 0. The van der Waals surface area contributed by atoms with Gasteiger partial charge in [-0.2, -0.15) is 13.7 Å². The van der Waals surface area contributed by atoms with Crippen molar-refractivity contribution in [1.29, 1.82) is 0 Å². The van der Waals surface area contributed by atoms with Crippen molar-refractivity contribution in [3.05, 3.63) is 59.3 Å². The Hall–Kier alpha value is -2.73. The van der Waals surface area contributed by atoms with Gasteiger partial charge in [-0.15, -0.1) is 0 Å². The summed E-state index contributed by atoms with van der Waals surface area (Å²) in [5.74, 6) is 0.812. The standard InChI is InChI=1S/C19H19N3O2S/c1-12-5-10-17(14(3)19(12)21-25-23)22-18(11-13(2)20-22)15-6-8-16(24-4)9-7-15/h5-11H,1-4H3. The van der Waals surface area contributed by atoms with Crippen molar-refractivity contribution in [2.24, 2.45) is 4.36 Å². The van der Waals surface area contributed by atoms with Gasteiger partial charge in [-0.05, 0) is 62.7 Å².